The first-order valence-corrected chi connectivity index (χ1v) is 24.8. The molecule has 0 heterocycles. The third-order valence-corrected chi connectivity index (χ3v) is 13.4. The maximum atomic E-state index is 6.25. The standard InChI is InChI=1S/C57H86N2/c1-6-9-12-15-18-20-23-26-29-56(53-41-39-51(58)43-45(53)4)49-35-31-47(32-36-49)55(28-25-22-17-14-11-8-3)48-33-37-50(38-34-48)57(54-42-40-52(59)44-46(54)5)30-27-24-21-19-16-13-10-7-2/h31-44,55-57H,6-30,58-59H2,1-5H3. The smallest absolute Gasteiger partial charge is 0.0316 e. The lowest BCUT2D eigenvalue weighted by Gasteiger charge is -2.24. The minimum atomic E-state index is 0.399. The van der Waals surface area contributed by atoms with Gasteiger partial charge in [-0.15, -0.1) is 0 Å². The fourth-order valence-corrected chi connectivity index (χ4v) is 9.72. The Balaban J connectivity index is 1.55. The zero-order valence-corrected chi connectivity index (χ0v) is 38.6. The quantitative estimate of drug-likeness (QED) is 0.0394. The Hall–Kier alpha value is -3.52. The molecular formula is C57H86N2. The molecule has 2 nitrogen and oxygen atoms in total. The molecule has 4 aromatic carbocycles. The summed E-state index contributed by atoms with van der Waals surface area (Å²) in [5.41, 5.74) is 25.5. The van der Waals surface area contributed by atoms with E-state index in [0.29, 0.717) is 17.8 Å². The lowest BCUT2D eigenvalue weighted by Crippen LogP contribution is -2.07. The molecule has 0 saturated heterocycles. The van der Waals surface area contributed by atoms with E-state index in [4.69, 9.17) is 11.5 Å². The van der Waals surface area contributed by atoms with Gasteiger partial charge in [0.2, 0.25) is 0 Å². The lowest BCUT2D eigenvalue weighted by molar-refractivity contribution is 0.550. The Morgan fingerprint density at radius 3 is 0.864 bits per heavy atom. The van der Waals surface area contributed by atoms with E-state index in [2.05, 4.69) is 120 Å². The van der Waals surface area contributed by atoms with Gasteiger partial charge in [-0.05, 0) is 102 Å². The summed E-state index contributed by atoms with van der Waals surface area (Å²) >= 11 is 0. The van der Waals surface area contributed by atoms with Crippen molar-refractivity contribution in [3.8, 4) is 0 Å². The van der Waals surface area contributed by atoms with Crippen molar-refractivity contribution in [3.63, 3.8) is 0 Å². The topological polar surface area (TPSA) is 52.0 Å². The van der Waals surface area contributed by atoms with Crippen LogP contribution in [0, 0.1) is 13.8 Å². The van der Waals surface area contributed by atoms with E-state index in [9.17, 15) is 0 Å². The second-order valence-corrected chi connectivity index (χ2v) is 18.3. The number of nitrogen functional groups attached to an aromatic ring is 2. The van der Waals surface area contributed by atoms with Crippen LogP contribution >= 0.6 is 0 Å². The molecule has 0 aliphatic rings. The van der Waals surface area contributed by atoms with Crippen molar-refractivity contribution < 1.29 is 0 Å². The van der Waals surface area contributed by atoms with Crippen LogP contribution < -0.4 is 11.5 Å². The Morgan fingerprint density at radius 2 is 0.576 bits per heavy atom. The second-order valence-electron chi connectivity index (χ2n) is 18.3. The van der Waals surface area contributed by atoms with E-state index >= 15 is 0 Å². The van der Waals surface area contributed by atoms with Crippen LogP contribution in [-0.4, -0.2) is 0 Å². The molecule has 0 aliphatic heterocycles. The highest BCUT2D eigenvalue weighted by molar-refractivity contribution is 5.50. The number of unbranched alkanes of at least 4 members (excludes halogenated alkanes) is 19. The van der Waals surface area contributed by atoms with Crippen molar-refractivity contribution >= 4 is 11.4 Å². The van der Waals surface area contributed by atoms with Gasteiger partial charge < -0.3 is 11.5 Å². The number of rotatable bonds is 31. The number of nitrogens with two attached hydrogens (primary N) is 2. The number of benzene rings is 4. The van der Waals surface area contributed by atoms with Crippen LogP contribution in [0.2, 0.25) is 0 Å². The maximum absolute atomic E-state index is 6.25. The summed E-state index contributed by atoms with van der Waals surface area (Å²) in [5.74, 6) is 1.20. The predicted octanol–water partition coefficient (Wildman–Crippen LogP) is 17.7. The third kappa shape index (κ3) is 16.8. The molecule has 4 aromatic rings. The second kappa shape index (κ2) is 28.1. The van der Waals surface area contributed by atoms with Crippen molar-refractivity contribution in [2.24, 2.45) is 0 Å². The van der Waals surface area contributed by atoms with Gasteiger partial charge in [-0.2, -0.15) is 0 Å². The van der Waals surface area contributed by atoms with Crippen LogP contribution in [0.3, 0.4) is 0 Å². The molecule has 0 radical (unpaired) electrons. The van der Waals surface area contributed by atoms with Gasteiger partial charge in [0.25, 0.3) is 0 Å². The number of hydrogen-bond acceptors (Lipinski definition) is 2. The summed E-state index contributed by atoms with van der Waals surface area (Å²) in [6.45, 7) is 11.4. The van der Waals surface area contributed by atoms with Crippen molar-refractivity contribution in [1.29, 1.82) is 0 Å². The van der Waals surface area contributed by atoms with Crippen LogP contribution in [0.1, 0.15) is 244 Å². The summed E-state index contributed by atoms with van der Waals surface area (Å²) < 4.78 is 0. The zero-order valence-electron chi connectivity index (χ0n) is 38.6. The van der Waals surface area contributed by atoms with Gasteiger partial charge in [0.15, 0.2) is 0 Å². The van der Waals surface area contributed by atoms with Gasteiger partial charge in [0.1, 0.15) is 0 Å². The molecule has 0 aliphatic carbocycles. The Kier molecular flexibility index (Phi) is 22.9. The molecule has 0 spiro atoms. The van der Waals surface area contributed by atoms with Crippen LogP contribution in [0.4, 0.5) is 11.4 Å². The average molecular weight is 799 g/mol. The Labute approximate surface area is 363 Å². The van der Waals surface area contributed by atoms with Gasteiger partial charge >= 0.3 is 0 Å². The minimum absolute atomic E-state index is 0.399. The number of aryl methyl sites for hydroxylation is 2. The Bertz CT molecular complexity index is 1570. The van der Waals surface area contributed by atoms with Crippen molar-refractivity contribution in [3.05, 3.63) is 129 Å². The van der Waals surface area contributed by atoms with Gasteiger partial charge in [0, 0.05) is 29.1 Å². The molecule has 2 unspecified atom stereocenters. The van der Waals surface area contributed by atoms with Crippen LogP contribution in [0.15, 0.2) is 84.9 Å². The van der Waals surface area contributed by atoms with Crippen molar-refractivity contribution in [1.82, 2.24) is 0 Å². The molecule has 324 valence electrons. The molecule has 0 bridgehead atoms. The highest BCUT2D eigenvalue weighted by Gasteiger charge is 2.21. The van der Waals surface area contributed by atoms with Crippen LogP contribution in [0.5, 0.6) is 0 Å². The number of anilines is 2. The van der Waals surface area contributed by atoms with Crippen molar-refractivity contribution in [2.75, 3.05) is 11.5 Å². The van der Waals surface area contributed by atoms with E-state index in [1.54, 1.807) is 0 Å². The third-order valence-electron chi connectivity index (χ3n) is 13.4. The first-order chi connectivity index (χ1) is 28.9. The molecule has 2 heteroatoms. The number of hydrogen-bond donors (Lipinski definition) is 2. The van der Waals surface area contributed by atoms with Crippen molar-refractivity contribution in [2.45, 2.75) is 213 Å². The molecule has 0 saturated carbocycles. The Morgan fingerprint density at radius 1 is 0.322 bits per heavy atom. The molecule has 4 rings (SSSR count). The normalized spacial score (nSPS) is 13.1. The first-order valence-electron chi connectivity index (χ1n) is 24.8. The highest BCUT2D eigenvalue weighted by Crippen LogP contribution is 2.38. The summed E-state index contributed by atoms with van der Waals surface area (Å²) in [6.07, 6.45) is 33.1. The predicted molar refractivity (Wildman–Crippen MR) is 262 cm³/mol. The first kappa shape index (κ1) is 48.1. The van der Waals surface area contributed by atoms with Crippen LogP contribution in [0.25, 0.3) is 0 Å². The molecule has 0 fully saturated rings. The molecule has 0 aromatic heterocycles. The van der Waals surface area contributed by atoms with E-state index < -0.39 is 0 Å². The molecular weight excluding hydrogens is 713 g/mol. The summed E-state index contributed by atoms with van der Waals surface area (Å²) in [7, 11) is 0. The molecule has 4 N–H and O–H groups in total. The zero-order chi connectivity index (χ0) is 42.1. The van der Waals surface area contributed by atoms with E-state index in [-0.39, 0.29) is 0 Å². The SMILES string of the molecule is CCCCCCCCCCC(c1ccc(C(CCCCCCCC)c2ccc(C(CCCCCCCCCC)c3ccc(N)cc3C)cc2)cc1)c1ccc(N)cc1C. The average Bonchev–Trinajstić information content (AvgIpc) is 3.23. The maximum Gasteiger partial charge on any atom is 0.0316 e. The molecule has 59 heavy (non-hydrogen) atoms. The van der Waals surface area contributed by atoms with E-state index in [1.807, 2.05) is 0 Å². The van der Waals surface area contributed by atoms with Gasteiger partial charge in [0.05, 0.1) is 0 Å². The van der Waals surface area contributed by atoms with E-state index in [1.165, 1.54) is 205 Å². The van der Waals surface area contributed by atoms with Gasteiger partial charge in [-0.1, -0.05) is 223 Å². The summed E-state index contributed by atoms with van der Waals surface area (Å²) in [4.78, 5) is 0. The fourth-order valence-electron chi connectivity index (χ4n) is 9.72. The summed E-state index contributed by atoms with van der Waals surface area (Å²) in [6, 6.07) is 32.9. The van der Waals surface area contributed by atoms with Crippen LogP contribution in [-0.2, 0) is 0 Å². The van der Waals surface area contributed by atoms with Gasteiger partial charge in [-0.25, -0.2) is 0 Å². The highest BCUT2D eigenvalue weighted by atomic mass is 14.5. The monoisotopic (exact) mass is 799 g/mol. The molecule has 0 amide bonds. The largest absolute Gasteiger partial charge is 0.399 e. The summed E-state index contributed by atoms with van der Waals surface area (Å²) in [5, 5.41) is 0. The van der Waals surface area contributed by atoms with Gasteiger partial charge in [-0.3, -0.25) is 0 Å². The lowest BCUT2D eigenvalue weighted by atomic mass is 9.80. The molecule has 2 atom stereocenters. The van der Waals surface area contributed by atoms with E-state index in [0.717, 1.165) is 11.4 Å². The minimum Gasteiger partial charge on any atom is -0.399 e. The fraction of sp³-hybridized carbons (Fsp3) is 0.579.